The molecule has 0 aliphatic rings. The third kappa shape index (κ3) is 3.44. The van der Waals surface area contributed by atoms with Crippen molar-refractivity contribution in [2.24, 2.45) is 4.40 Å². The number of rotatable bonds is 2. The Morgan fingerprint density at radius 1 is 1.25 bits per heavy atom. The van der Waals surface area contributed by atoms with E-state index >= 15 is 0 Å². The second-order valence-electron chi connectivity index (χ2n) is 5.61. The highest BCUT2D eigenvalue weighted by molar-refractivity contribution is 7.85. The largest absolute Gasteiger partial charge is 0.244 e. The molecule has 1 aromatic heterocycles. The molecule has 0 amide bonds. The Balaban J connectivity index is 2.42. The van der Waals surface area contributed by atoms with E-state index in [2.05, 4.69) is 9.38 Å². The van der Waals surface area contributed by atoms with Gasteiger partial charge in [-0.25, -0.2) is 9.19 Å². The Kier molecular flexibility index (Phi) is 4.25. The first-order valence-electron chi connectivity index (χ1n) is 6.30. The highest BCUT2D eigenvalue weighted by Gasteiger charge is 2.19. The zero-order valence-electron chi connectivity index (χ0n) is 12.0. The van der Waals surface area contributed by atoms with Gasteiger partial charge in [0.25, 0.3) is 0 Å². The predicted octanol–water partition coefficient (Wildman–Crippen LogP) is 4.16. The number of benzene rings is 1. The molecule has 0 aliphatic heterocycles. The number of pyridine rings is 1. The van der Waals surface area contributed by atoms with Crippen molar-refractivity contribution in [2.45, 2.75) is 32.4 Å². The first kappa shape index (κ1) is 15.1. The van der Waals surface area contributed by atoms with Crippen LogP contribution >= 0.6 is 11.6 Å². The fourth-order valence-electron chi connectivity index (χ4n) is 1.65. The van der Waals surface area contributed by atoms with Crippen molar-refractivity contribution in [3.8, 4) is 0 Å². The molecule has 0 bridgehead atoms. The molecule has 2 rings (SSSR count). The molecule has 1 heterocycles. The van der Waals surface area contributed by atoms with Gasteiger partial charge in [0, 0.05) is 11.6 Å². The fourth-order valence-corrected chi connectivity index (χ4v) is 2.45. The predicted molar refractivity (Wildman–Crippen MR) is 86.9 cm³/mol. The number of nitrogens with zero attached hydrogens (tertiary/aromatic N) is 2. The van der Waals surface area contributed by atoms with Crippen molar-refractivity contribution in [3.63, 3.8) is 0 Å². The minimum Gasteiger partial charge on any atom is -0.244 e. The molecule has 5 heteroatoms. The SMILES string of the molecule is CC(=N[S@@](=O)C(C)(C)C)c1ccc2cnc(Cl)cc2c1. The van der Waals surface area contributed by atoms with Crippen LogP contribution in [-0.2, 0) is 11.0 Å². The number of halogens is 1. The Morgan fingerprint density at radius 2 is 1.95 bits per heavy atom. The zero-order chi connectivity index (χ0) is 14.9. The van der Waals surface area contributed by atoms with E-state index in [0.717, 1.165) is 22.0 Å². The minimum absolute atomic E-state index is 0.356. The summed E-state index contributed by atoms with van der Waals surface area (Å²) in [5.41, 5.74) is 1.70. The lowest BCUT2D eigenvalue weighted by Crippen LogP contribution is -2.20. The summed E-state index contributed by atoms with van der Waals surface area (Å²) in [7, 11) is -1.26. The molecule has 0 saturated carbocycles. The van der Waals surface area contributed by atoms with Crippen LogP contribution in [0.4, 0.5) is 0 Å². The molecule has 1 atom stereocenters. The van der Waals surface area contributed by atoms with Gasteiger partial charge in [-0.05, 0) is 50.8 Å². The molecule has 20 heavy (non-hydrogen) atoms. The van der Waals surface area contributed by atoms with Crippen LogP contribution < -0.4 is 0 Å². The highest BCUT2D eigenvalue weighted by atomic mass is 35.5. The molecule has 106 valence electrons. The van der Waals surface area contributed by atoms with Crippen LogP contribution in [0.5, 0.6) is 0 Å². The minimum atomic E-state index is -1.26. The average molecular weight is 309 g/mol. The fraction of sp³-hybridized carbons (Fsp3) is 0.333. The van der Waals surface area contributed by atoms with E-state index in [1.165, 1.54) is 0 Å². The Morgan fingerprint density at radius 3 is 2.60 bits per heavy atom. The topological polar surface area (TPSA) is 42.3 Å². The van der Waals surface area contributed by atoms with Crippen molar-refractivity contribution >= 4 is 39.1 Å². The van der Waals surface area contributed by atoms with Gasteiger partial charge in [0.2, 0.25) is 0 Å². The summed E-state index contributed by atoms with van der Waals surface area (Å²) >= 11 is 5.90. The van der Waals surface area contributed by atoms with E-state index in [4.69, 9.17) is 11.6 Å². The maximum atomic E-state index is 12.1. The molecule has 1 aromatic carbocycles. The summed E-state index contributed by atoms with van der Waals surface area (Å²) in [5, 5.41) is 2.48. The zero-order valence-corrected chi connectivity index (χ0v) is 13.5. The molecule has 0 aliphatic carbocycles. The lowest BCUT2D eigenvalue weighted by Gasteiger charge is -2.14. The number of hydrogen-bond acceptors (Lipinski definition) is 2. The van der Waals surface area contributed by atoms with Crippen LogP contribution in [0.1, 0.15) is 33.3 Å². The molecule has 0 N–H and O–H groups in total. The van der Waals surface area contributed by atoms with Gasteiger partial charge in [0.1, 0.15) is 16.1 Å². The molecule has 0 spiro atoms. The molecule has 3 nitrogen and oxygen atoms in total. The lowest BCUT2D eigenvalue weighted by atomic mass is 10.1. The number of hydrogen-bond donors (Lipinski definition) is 0. The molecule has 0 unspecified atom stereocenters. The van der Waals surface area contributed by atoms with E-state index in [0.29, 0.717) is 5.15 Å². The normalized spacial score (nSPS) is 14.6. The Hall–Kier alpha value is -1.26. The maximum absolute atomic E-state index is 12.1. The number of fused-ring (bicyclic) bond motifs is 1. The first-order chi connectivity index (χ1) is 9.27. The number of aromatic nitrogens is 1. The average Bonchev–Trinajstić information content (AvgIpc) is 2.36. The Bertz CT molecular complexity index is 705. The van der Waals surface area contributed by atoms with Crippen molar-refractivity contribution in [3.05, 3.63) is 41.2 Å². The molecular formula is C15H17ClN2OS. The quantitative estimate of drug-likeness (QED) is 0.617. The smallest absolute Gasteiger partial charge is 0.145 e. The molecule has 0 radical (unpaired) electrons. The summed E-state index contributed by atoms with van der Waals surface area (Å²) in [5.74, 6) is 0. The van der Waals surface area contributed by atoms with Gasteiger partial charge in [-0.1, -0.05) is 23.7 Å². The first-order valence-corrected chi connectivity index (χ1v) is 7.79. The summed E-state index contributed by atoms with van der Waals surface area (Å²) in [6, 6.07) is 7.72. The van der Waals surface area contributed by atoms with Gasteiger partial charge in [0.05, 0.1) is 10.5 Å². The van der Waals surface area contributed by atoms with Gasteiger partial charge in [-0.15, -0.1) is 0 Å². The Labute approximate surface area is 126 Å². The van der Waals surface area contributed by atoms with E-state index < -0.39 is 11.0 Å². The molecular weight excluding hydrogens is 292 g/mol. The third-order valence-corrected chi connectivity index (χ3v) is 4.54. The second kappa shape index (κ2) is 5.62. The van der Waals surface area contributed by atoms with Crippen LogP contribution in [0.3, 0.4) is 0 Å². The van der Waals surface area contributed by atoms with Gasteiger partial charge in [0.15, 0.2) is 0 Å². The van der Waals surface area contributed by atoms with Gasteiger partial charge in [-0.3, -0.25) is 0 Å². The summed E-state index contributed by atoms with van der Waals surface area (Å²) in [6.45, 7) is 7.59. The van der Waals surface area contributed by atoms with E-state index in [-0.39, 0.29) is 4.75 Å². The van der Waals surface area contributed by atoms with Gasteiger partial charge in [-0.2, -0.15) is 4.40 Å². The van der Waals surface area contributed by atoms with E-state index in [1.807, 2.05) is 52.0 Å². The lowest BCUT2D eigenvalue weighted by molar-refractivity contribution is 0.650. The molecule has 2 aromatic rings. The summed E-state index contributed by atoms with van der Waals surface area (Å²) < 4.78 is 16.0. The van der Waals surface area contributed by atoms with E-state index in [9.17, 15) is 4.21 Å². The summed E-state index contributed by atoms with van der Waals surface area (Å²) in [4.78, 5) is 4.05. The van der Waals surface area contributed by atoms with Crippen LogP contribution in [0.25, 0.3) is 10.8 Å². The van der Waals surface area contributed by atoms with Crippen molar-refractivity contribution in [1.29, 1.82) is 0 Å². The highest BCUT2D eigenvalue weighted by Crippen LogP contribution is 2.20. The van der Waals surface area contributed by atoms with Crippen LogP contribution in [0.15, 0.2) is 34.9 Å². The van der Waals surface area contributed by atoms with Gasteiger partial charge >= 0.3 is 0 Å². The van der Waals surface area contributed by atoms with Crippen molar-refractivity contribution < 1.29 is 4.21 Å². The summed E-state index contributed by atoms with van der Waals surface area (Å²) in [6.07, 6.45) is 1.74. The van der Waals surface area contributed by atoms with Crippen LogP contribution in [0.2, 0.25) is 5.15 Å². The van der Waals surface area contributed by atoms with Crippen LogP contribution in [-0.4, -0.2) is 19.7 Å². The standard InChI is InChI=1S/C15H17ClN2OS/c1-10(18-20(19)15(2,3)4)11-5-6-12-9-17-14(16)8-13(12)7-11/h5-9H,1-4H3/t20-/m0/s1. The molecule has 0 saturated heterocycles. The van der Waals surface area contributed by atoms with Crippen molar-refractivity contribution in [2.75, 3.05) is 0 Å². The van der Waals surface area contributed by atoms with Crippen molar-refractivity contribution in [1.82, 2.24) is 4.98 Å². The van der Waals surface area contributed by atoms with Gasteiger partial charge < -0.3 is 0 Å². The monoisotopic (exact) mass is 308 g/mol. The maximum Gasteiger partial charge on any atom is 0.145 e. The molecule has 0 fully saturated rings. The second-order valence-corrected chi connectivity index (χ2v) is 7.90. The third-order valence-electron chi connectivity index (χ3n) is 2.85. The van der Waals surface area contributed by atoms with Crippen LogP contribution in [0, 0.1) is 0 Å². The van der Waals surface area contributed by atoms with E-state index in [1.54, 1.807) is 6.20 Å².